The van der Waals surface area contributed by atoms with Crippen molar-refractivity contribution in [3.8, 4) is 5.75 Å². The summed E-state index contributed by atoms with van der Waals surface area (Å²) in [4.78, 5) is 0. The van der Waals surface area contributed by atoms with Crippen LogP contribution in [0.3, 0.4) is 0 Å². The molecule has 8 heavy (non-hydrogen) atoms. The number of nitrogens with zero attached hydrogens (tertiary/aromatic N) is 2. The molecule has 1 N–H and O–H groups in total. The number of aromatic hydroxyl groups is 1. The first-order valence-electron chi connectivity index (χ1n) is 4.49. The Hall–Kier alpha value is -0.990. The van der Waals surface area contributed by atoms with Gasteiger partial charge in [-0.05, 0) is 6.85 Å². The van der Waals surface area contributed by atoms with Crippen molar-refractivity contribution in [2.45, 2.75) is 13.3 Å². The summed E-state index contributed by atoms with van der Waals surface area (Å²) in [6.07, 6.45) is 1.90. The lowest BCUT2D eigenvalue weighted by Crippen LogP contribution is -1.91. The van der Waals surface area contributed by atoms with E-state index in [0.29, 0.717) is 4.68 Å². The number of rotatable bonds is 1. The van der Waals surface area contributed by atoms with Crippen LogP contribution in [-0.2, 0) is 6.50 Å². The highest BCUT2D eigenvalue weighted by molar-refractivity contribution is 5.08. The predicted molar refractivity (Wildman–Crippen MR) is 29.6 cm³/mol. The Bertz CT molecular complexity index is 304. The molecule has 1 aromatic heterocycles. The molecule has 0 aliphatic heterocycles. The average molecular weight is 117 g/mol. The quantitative estimate of drug-likeness (QED) is 0.585. The van der Waals surface area contributed by atoms with Crippen molar-refractivity contribution >= 4 is 0 Å². The maximum absolute atomic E-state index is 8.85. The Kier molecular flexibility index (Phi) is 0.408. The largest absolute Gasteiger partial charge is 0.505 e. The van der Waals surface area contributed by atoms with E-state index in [1.165, 1.54) is 0 Å². The van der Waals surface area contributed by atoms with Crippen LogP contribution in [0.25, 0.3) is 0 Å². The van der Waals surface area contributed by atoms with Gasteiger partial charge in [0, 0.05) is 10.6 Å². The second kappa shape index (κ2) is 1.86. The first kappa shape index (κ1) is 1.76. The summed E-state index contributed by atoms with van der Waals surface area (Å²) in [5, 5.41) is 12.2. The van der Waals surface area contributed by atoms with Crippen LogP contribution in [0.1, 0.15) is 13.7 Å². The summed E-state index contributed by atoms with van der Waals surface area (Å²) in [5.41, 5.74) is 0. The normalized spacial score (nSPS) is 22.2. The molecule has 0 aliphatic carbocycles. The minimum Gasteiger partial charge on any atom is -0.505 e. The summed E-state index contributed by atoms with van der Waals surface area (Å²) in [6.45, 7) is -5.42. The van der Waals surface area contributed by atoms with Crippen LogP contribution < -0.4 is 0 Å². The zero-order chi connectivity index (χ0) is 10.3. The zero-order valence-corrected chi connectivity index (χ0v) is 4.00. The van der Waals surface area contributed by atoms with E-state index in [4.69, 9.17) is 12.0 Å². The molecule has 0 spiro atoms. The second-order valence-corrected chi connectivity index (χ2v) is 1.25. The third-order valence-electron chi connectivity index (χ3n) is 0.684. The summed E-state index contributed by atoms with van der Waals surface area (Å²) >= 11 is 0. The van der Waals surface area contributed by atoms with Crippen LogP contribution >= 0.6 is 0 Å². The molecule has 44 valence electrons. The molecule has 0 fully saturated rings. The number of aryl methyl sites for hydroxylation is 1. The molecule has 3 nitrogen and oxygen atoms in total. The molecule has 1 heterocycles. The molecule has 0 amide bonds. The van der Waals surface area contributed by atoms with E-state index in [0.717, 1.165) is 12.4 Å². The Morgan fingerprint density at radius 1 is 2.25 bits per heavy atom. The van der Waals surface area contributed by atoms with Crippen LogP contribution in [-0.4, -0.2) is 14.9 Å². The Morgan fingerprint density at radius 2 is 3.12 bits per heavy atom. The van der Waals surface area contributed by atoms with Crippen LogP contribution in [0.2, 0.25) is 0 Å². The van der Waals surface area contributed by atoms with Gasteiger partial charge >= 0.3 is 0 Å². The molecule has 0 radical (unpaired) electrons. The first-order valence-corrected chi connectivity index (χ1v) is 1.99. The fraction of sp³-hybridized carbons (Fsp3) is 0.400. The molecule has 0 bridgehead atoms. The average Bonchev–Trinajstić information content (AvgIpc) is 2.33. The first-order chi connectivity index (χ1) is 5.75. The molecule has 0 aromatic carbocycles. The highest BCUT2D eigenvalue weighted by Crippen LogP contribution is 2.02. The molecule has 0 saturated carbocycles. The molecular formula is C5H8N2O. The second-order valence-electron chi connectivity index (χ2n) is 1.25. The minimum absolute atomic E-state index is 0.270. The molecule has 0 saturated heterocycles. The smallest absolute Gasteiger partial charge is 0.153 e. The van der Waals surface area contributed by atoms with Crippen molar-refractivity contribution in [1.29, 1.82) is 0 Å². The Labute approximate surface area is 54.6 Å². The monoisotopic (exact) mass is 117 g/mol. The Morgan fingerprint density at radius 3 is 3.62 bits per heavy atom. The van der Waals surface area contributed by atoms with Crippen molar-refractivity contribution in [3.05, 3.63) is 12.4 Å². The summed E-state index contributed by atoms with van der Waals surface area (Å²) < 4.78 is 35.7. The van der Waals surface area contributed by atoms with Gasteiger partial charge in [0.15, 0.2) is 5.75 Å². The fourth-order valence-electron chi connectivity index (χ4n) is 0.374. The number of hydrogen-bond donors (Lipinski definition) is 1. The van der Waals surface area contributed by atoms with E-state index >= 15 is 0 Å². The lowest BCUT2D eigenvalue weighted by Gasteiger charge is -1.87. The minimum atomic E-state index is -2.81. The molecule has 0 unspecified atom stereocenters. The highest BCUT2D eigenvalue weighted by atomic mass is 16.3. The van der Waals surface area contributed by atoms with E-state index in [9.17, 15) is 0 Å². The summed E-state index contributed by atoms with van der Waals surface area (Å²) in [6, 6.07) is 0. The summed E-state index contributed by atoms with van der Waals surface area (Å²) in [5.74, 6) is -0.270. The van der Waals surface area contributed by atoms with Gasteiger partial charge in [-0.1, -0.05) is 0 Å². The maximum Gasteiger partial charge on any atom is 0.153 e. The van der Waals surface area contributed by atoms with Gasteiger partial charge in [-0.3, -0.25) is 4.68 Å². The molecule has 1 rings (SSSR count). The lowest BCUT2D eigenvalue weighted by molar-refractivity contribution is 0.474. The molecular weight excluding hydrogens is 104 g/mol. The van der Waals surface area contributed by atoms with E-state index < -0.39 is 13.3 Å². The van der Waals surface area contributed by atoms with Gasteiger partial charge in [-0.2, -0.15) is 5.10 Å². The third-order valence-corrected chi connectivity index (χ3v) is 0.684. The predicted octanol–water partition coefficient (Wildman–Crippen LogP) is 0.609. The van der Waals surface area contributed by atoms with Gasteiger partial charge in [0.1, 0.15) is 0 Å². The van der Waals surface area contributed by atoms with Crippen molar-refractivity contribution < 1.29 is 12.0 Å². The number of hydrogen-bond acceptors (Lipinski definition) is 2. The summed E-state index contributed by atoms with van der Waals surface area (Å²) in [7, 11) is 0. The van der Waals surface area contributed by atoms with Crippen LogP contribution in [0, 0.1) is 0 Å². The zero-order valence-electron chi connectivity index (χ0n) is 9.00. The lowest BCUT2D eigenvalue weighted by atomic mass is 10.6. The van der Waals surface area contributed by atoms with Gasteiger partial charge in [-0.25, -0.2) is 0 Å². The standard InChI is InChI=1S/C5H8N2O/c1-2-7-4-5(8)3-6-7/h3-4,8H,2H2,1H3/i1D3,2D2. The SMILES string of the molecule is [2H]C([2H])([2H])C([2H])([2H])n1cc(O)cn1. The van der Waals surface area contributed by atoms with Gasteiger partial charge in [0.25, 0.3) is 0 Å². The van der Waals surface area contributed by atoms with Crippen LogP contribution in [0.4, 0.5) is 0 Å². The Balaban J connectivity index is 3.07. The number of aromatic nitrogens is 2. The van der Waals surface area contributed by atoms with E-state index in [2.05, 4.69) is 5.10 Å². The van der Waals surface area contributed by atoms with Crippen LogP contribution in [0.5, 0.6) is 5.75 Å². The van der Waals surface area contributed by atoms with Crippen molar-refractivity contribution in [2.75, 3.05) is 0 Å². The van der Waals surface area contributed by atoms with Crippen LogP contribution in [0.15, 0.2) is 12.4 Å². The van der Waals surface area contributed by atoms with E-state index in [1.807, 2.05) is 0 Å². The van der Waals surface area contributed by atoms with E-state index in [-0.39, 0.29) is 5.75 Å². The van der Waals surface area contributed by atoms with Crippen molar-refractivity contribution in [2.24, 2.45) is 0 Å². The highest BCUT2D eigenvalue weighted by Gasteiger charge is 1.88. The topological polar surface area (TPSA) is 38.0 Å². The fourth-order valence-corrected chi connectivity index (χ4v) is 0.374. The van der Waals surface area contributed by atoms with Crippen molar-refractivity contribution in [1.82, 2.24) is 9.78 Å². The molecule has 1 aromatic rings. The van der Waals surface area contributed by atoms with Crippen molar-refractivity contribution in [3.63, 3.8) is 0 Å². The molecule has 0 atom stereocenters. The van der Waals surface area contributed by atoms with Gasteiger partial charge in [0.05, 0.1) is 15.1 Å². The third kappa shape index (κ3) is 0.804. The van der Waals surface area contributed by atoms with Gasteiger partial charge in [-0.15, -0.1) is 0 Å². The van der Waals surface area contributed by atoms with Gasteiger partial charge in [0.2, 0.25) is 0 Å². The van der Waals surface area contributed by atoms with Gasteiger partial charge < -0.3 is 5.11 Å². The molecule has 3 heteroatoms. The molecule has 0 aliphatic rings. The van der Waals surface area contributed by atoms with E-state index in [1.54, 1.807) is 0 Å². The maximum atomic E-state index is 8.85.